The van der Waals surface area contributed by atoms with Crippen molar-refractivity contribution in [1.29, 1.82) is 0 Å². The Balaban J connectivity index is 1.32. The Kier molecular flexibility index (Phi) is 9.45. The zero-order chi connectivity index (χ0) is 28.2. The SMILES string of the molecule is CC(C)(C)OC(=O)N1CCC(CN2CCC[C@@H](Nc3ncc(Cl)c(Nc4ccccc4P(C)(C)=O)n3)C2)CC1. The summed E-state index contributed by atoms with van der Waals surface area (Å²) < 4.78 is 18.3. The number of piperidine rings is 2. The van der Waals surface area contributed by atoms with Crippen molar-refractivity contribution in [1.82, 2.24) is 19.8 Å². The molecule has 1 atom stereocenters. The van der Waals surface area contributed by atoms with Crippen molar-refractivity contribution >= 4 is 47.6 Å². The molecule has 1 aromatic carbocycles. The molecule has 39 heavy (non-hydrogen) atoms. The monoisotopic (exact) mass is 576 g/mol. The molecule has 1 aromatic heterocycles. The van der Waals surface area contributed by atoms with Gasteiger partial charge in [-0.1, -0.05) is 23.7 Å². The maximum atomic E-state index is 12.8. The van der Waals surface area contributed by atoms with Crippen LogP contribution < -0.4 is 15.9 Å². The van der Waals surface area contributed by atoms with E-state index in [4.69, 9.17) is 16.3 Å². The largest absolute Gasteiger partial charge is 0.444 e. The van der Waals surface area contributed by atoms with Crippen LogP contribution in [0, 0.1) is 5.92 Å². The number of nitrogens with one attached hydrogen (secondary N) is 2. The van der Waals surface area contributed by atoms with E-state index >= 15 is 0 Å². The maximum Gasteiger partial charge on any atom is 0.410 e. The number of likely N-dealkylation sites (tertiary alicyclic amines) is 2. The summed E-state index contributed by atoms with van der Waals surface area (Å²) >= 11 is 6.42. The fraction of sp³-hybridized carbons (Fsp3) is 0.607. The van der Waals surface area contributed by atoms with Crippen molar-refractivity contribution < 1.29 is 14.1 Å². The average molecular weight is 577 g/mol. The Morgan fingerprint density at radius 3 is 2.56 bits per heavy atom. The number of carbonyl (C=O) groups excluding carboxylic acids is 1. The number of anilines is 3. The highest BCUT2D eigenvalue weighted by Crippen LogP contribution is 2.38. The first-order chi connectivity index (χ1) is 18.4. The molecule has 2 N–H and O–H groups in total. The van der Waals surface area contributed by atoms with E-state index in [0.717, 1.165) is 69.4 Å². The molecule has 1 amide bonds. The van der Waals surface area contributed by atoms with Gasteiger partial charge in [-0.3, -0.25) is 0 Å². The van der Waals surface area contributed by atoms with Crippen molar-refractivity contribution in [3.8, 4) is 0 Å². The minimum absolute atomic E-state index is 0.207. The van der Waals surface area contributed by atoms with Crippen LogP contribution in [0.3, 0.4) is 0 Å². The van der Waals surface area contributed by atoms with E-state index in [-0.39, 0.29) is 12.1 Å². The quantitative estimate of drug-likeness (QED) is 0.408. The number of benzene rings is 1. The Hall–Kier alpha value is -2.35. The van der Waals surface area contributed by atoms with E-state index in [1.807, 2.05) is 49.9 Å². The number of ether oxygens (including phenoxy) is 1. The number of nitrogens with zero attached hydrogens (tertiary/aromatic N) is 4. The summed E-state index contributed by atoms with van der Waals surface area (Å²) in [5.41, 5.74) is 0.271. The van der Waals surface area contributed by atoms with Crippen LogP contribution in [0.25, 0.3) is 0 Å². The first-order valence-corrected chi connectivity index (χ1v) is 16.8. The Bertz CT molecular complexity index is 1190. The van der Waals surface area contributed by atoms with Gasteiger partial charge in [0.2, 0.25) is 5.95 Å². The first kappa shape index (κ1) is 29.6. The highest BCUT2D eigenvalue weighted by molar-refractivity contribution is 7.70. The second kappa shape index (κ2) is 12.4. The van der Waals surface area contributed by atoms with Crippen LogP contribution in [0.5, 0.6) is 0 Å². The van der Waals surface area contributed by atoms with Crippen LogP contribution >= 0.6 is 18.7 Å². The van der Waals surface area contributed by atoms with Gasteiger partial charge < -0.3 is 29.7 Å². The van der Waals surface area contributed by atoms with Gasteiger partial charge >= 0.3 is 6.09 Å². The van der Waals surface area contributed by atoms with E-state index < -0.39 is 12.7 Å². The number of para-hydroxylation sites is 1. The number of aromatic nitrogens is 2. The molecule has 2 aliphatic rings. The molecule has 214 valence electrons. The lowest BCUT2D eigenvalue weighted by molar-refractivity contribution is 0.0166. The maximum absolute atomic E-state index is 12.8. The molecule has 11 heteroatoms. The zero-order valence-electron chi connectivity index (χ0n) is 23.7. The van der Waals surface area contributed by atoms with Crippen molar-refractivity contribution in [3.05, 3.63) is 35.5 Å². The van der Waals surface area contributed by atoms with Crippen molar-refractivity contribution in [2.75, 3.05) is 56.7 Å². The van der Waals surface area contributed by atoms with Crippen LogP contribution in [0.1, 0.15) is 46.5 Å². The average Bonchev–Trinajstić information content (AvgIpc) is 2.85. The molecular formula is C28H42ClN6O3P. The molecule has 0 saturated carbocycles. The van der Waals surface area contributed by atoms with Crippen LogP contribution in [-0.4, -0.2) is 83.6 Å². The van der Waals surface area contributed by atoms with Gasteiger partial charge in [0.05, 0.1) is 11.9 Å². The second-order valence-electron chi connectivity index (χ2n) is 12.0. The van der Waals surface area contributed by atoms with Crippen LogP contribution in [-0.2, 0) is 9.30 Å². The van der Waals surface area contributed by atoms with Gasteiger partial charge in [0, 0.05) is 37.5 Å². The molecule has 0 bridgehead atoms. The predicted octanol–water partition coefficient (Wildman–Crippen LogP) is 5.65. The predicted molar refractivity (Wildman–Crippen MR) is 159 cm³/mol. The summed E-state index contributed by atoms with van der Waals surface area (Å²) in [6.07, 6.45) is 5.52. The van der Waals surface area contributed by atoms with Gasteiger partial charge in [0.25, 0.3) is 0 Å². The van der Waals surface area contributed by atoms with Gasteiger partial charge in [0.1, 0.15) is 17.8 Å². The van der Waals surface area contributed by atoms with E-state index in [0.29, 0.717) is 22.7 Å². The summed E-state index contributed by atoms with van der Waals surface area (Å²) in [7, 11) is -2.48. The molecule has 3 heterocycles. The number of halogens is 1. The fourth-order valence-corrected chi connectivity index (χ4v) is 6.51. The van der Waals surface area contributed by atoms with E-state index in [2.05, 4.69) is 25.5 Å². The number of rotatable bonds is 7. The lowest BCUT2D eigenvalue weighted by Gasteiger charge is -2.38. The lowest BCUT2D eigenvalue weighted by atomic mass is 9.95. The Labute approximate surface area is 237 Å². The first-order valence-electron chi connectivity index (χ1n) is 13.8. The number of hydrogen-bond donors (Lipinski definition) is 2. The van der Waals surface area contributed by atoms with Crippen LogP contribution in [0.4, 0.5) is 22.2 Å². The normalized spacial score (nSPS) is 19.5. The van der Waals surface area contributed by atoms with Gasteiger partial charge in [0.15, 0.2) is 5.82 Å². The summed E-state index contributed by atoms with van der Waals surface area (Å²) in [6.45, 7) is 13.7. The van der Waals surface area contributed by atoms with Crippen molar-refractivity contribution in [3.63, 3.8) is 0 Å². The number of amides is 1. The Morgan fingerprint density at radius 2 is 1.87 bits per heavy atom. The third kappa shape index (κ3) is 8.57. The summed E-state index contributed by atoms with van der Waals surface area (Å²) in [6, 6.07) is 7.77. The van der Waals surface area contributed by atoms with Gasteiger partial charge in [-0.05, 0) is 84.4 Å². The molecule has 2 aliphatic heterocycles. The van der Waals surface area contributed by atoms with Crippen LogP contribution in [0.15, 0.2) is 30.5 Å². The number of carbonyl (C=O) groups is 1. The minimum atomic E-state index is -2.48. The standard InChI is InChI=1S/C28H42ClN6O3P/c1-28(2,3)38-27(36)35-15-12-20(13-16-35)18-34-14-8-9-21(19-34)31-26-30-17-22(29)25(33-26)32-23-10-6-7-11-24(23)39(4,5)37/h6-7,10-11,17,20-21H,8-9,12-16,18-19H2,1-5H3,(H2,30,31,32,33)/t21-/m1/s1. The topological polar surface area (TPSA) is 99.7 Å². The Morgan fingerprint density at radius 1 is 1.15 bits per heavy atom. The molecule has 4 rings (SSSR count). The fourth-order valence-electron chi connectivity index (χ4n) is 5.21. The zero-order valence-corrected chi connectivity index (χ0v) is 25.4. The summed E-state index contributed by atoms with van der Waals surface area (Å²) in [5.74, 6) is 1.57. The lowest BCUT2D eigenvalue weighted by Crippen LogP contribution is -2.47. The summed E-state index contributed by atoms with van der Waals surface area (Å²) in [4.78, 5) is 25.8. The van der Waals surface area contributed by atoms with E-state index in [1.54, 1.807) is 19.5 Å². The van der Waals surface area contributed by atoms with E-state index in [1.165, 1.54) is 0 Å². The molecule has 0 radical (unpaired) electrons. The minimum Gasteiger partial charge on any atom is -0.444 e. The summed E-state index contributed by atoms with van der Waals surface area (Å²) in [5, 5.41) is 7.93. The molecule has 0 spiro atoms. The molecular weight excluding hydrogens is 535 g/mol. The number of hydrogen-bond acceptors (Lipinski definition) is 8. The second-order valence-corrected chi connectivity index (χ2v) is 15.6. The molecule has 2 aromatic rings. The third-order valence-electron chi connectivity index (χ3n) is 7.10. The smallest absolute Gasteiger partial charge is 0.410 e. The highest BCUT2D eigenvalue weighted by atomic mass is 35.5. The van der Waals surface area contributed by atoms with E-state index in [9.17, 15) is 9.36 Å². The van der Waals surface area contributed by atoms with Gasteiger partial charge in [-0.25, -0.2) is 9.78 Å². The molecule has 2 fully saturated rings. The van der Waals surface area contributed by atoms with Gasteiger partial charge in [-0.15, -0.1) is 0 Å². The van der Waals surface area contributed by atoms with Crippen molar-refractivity contribution in [2.24, 2.45) is 5.92 Å². The van der Waals surface area contributed by atoms with Gasteiger partial charge in [-0.2, -0.15) is 4.98 Å². The van der Waals surface area contributed by atoms with Crippen LogP contribution in [0.2, 0.25) is 5.02 Å². The molecule has 9 nitrogen and oxygen atoms in total. The van der Waals surface area contributed by atoms with Crippen molar-refractivity contribution in [2.45, 2.75) is 58.1 Å². The molecule has 0 unspecified atom stereocenters. The molecule has 2 saturated heterocycles. The molecule has 0 aliphatic carbocycles. The third-order valence-corrected chi connectivity index (χ3v) is 8.93. The highest BCUT2D eigenvalue weighted by Gasteiger charge is 2.29.